The van der Waals surface area contributed by atoms with Crippen molar-refractivity contribution in [1.82, 2.24) is 14.8 Å². The van der Waals surface area contributed by atoms with E-state index in [0.29, 0.717) is 37.7 Å². The molecule has 3 heterocycles. The number of carbonyl (C=O) groups is 2. The molecule has 178 valence electrons. The van der Waals surface area contributed by atoms with Crippen molar-refractivity contribution in [3.63, 3.8) is 0 Å². The Hall–Kier alpha value is -2.09. The van der Waals surface area contributed by atoms with E-state index in [4.69, 9.17) is 9.72 Å². The van der Waals surface area contributed by atoms with Crippen LogP contribution in [-0.2, 0) is 22.5 Å². The van der Waals surface area contributed by atoms with Gasteiger partial charge in [0.05, 0.1) is 23.8 Å². The van der Waals surface area contributed by atoms with E-state index in [1.54, 1.807) is 11.3 Å². The number of aldehydes is 1. The maximum Gasteiger partial charge on any atom is 0.273 e. The average molecular weight is 470 g/mol. The highest BCUT2D eigenvalue weighted by Crippen LogP contribution is 2.32. The molecule has 0 atom stereocenters. The van der Waals surface area contributed by atoms with Gasteiger partial charge in [-0.15, -0.1) is 11.3 Å². The van der Waals surface area contributed by atoms with Crippen LogP contribution in [0.4, 0.5) is 0 Å². The van der Waals surface area contributed by atoms with Crippen molar-refractivity contribution in [2.24, 2.45) is 0 Å². The fourth-order valence-electron chi connectivity index (χ4n) is 5.02. The van der Waals surface area contributed by atoms with Crippen molar-refractivity contribution in [1.29, 1.82) is 0 Å². The summed E-state index contributed by atoms with van der Waals surface area (Å²) >= 11 is 1.62. The third-order valence-electron chi connectivity index (χ3n) is 7.10. The first-order valence-corrected chi connectivity index (χ1v) is 13.1. The molecule has 1 aromatic heterocycles. The summed E-state index contributed by atoms with van der Waals surface area (Å²) in [6, 6.07) is 8.28. The number of likely N-dealkylation sites (tertiary alicyclic amines) is 1. The van der Waals surface area contributed by atoms with E-state index in [1.165, 1.54) is 5.56 Å². The SMILES string of the molecule is CCC(CC)c1nc(C(=O)N2CCOC3(CCN(Cc4cccc(CC=O)c4)CC3)C2)cs1. The van der Waals surface area contributed by atoms with Gasteiger partial charge in [-0.05, 0) is 36.8 Å². The Bertz CT molecular complexity index is 948. The number of thiazole rings is 1. The van der Waals surface area contributed by atoms with Crippen LogP contribution in [0.2, 0.25) is 0 Å². The van der Waals surface area contributed by atoms with Crippen LogP contribution in [0.15, 0.2) is 29.6 Å². The lowest BCUT2D eigenvalue weighted by atomic mass is 9.89. The molecular weight excluding hydrogens is 434 g/mol. The molecule has 2 saturated heterocycles. The van der Waals surface area contributed by atoms with Crippen LogP contribution in [0.3, 0.4) is 0 Å². The van der Waals surface area contributed by atoms with E-state index in [2.05, 4.69) is 30.9 Å². The smallest absolute Gasteiger partial charge is 0.273 e. The number of benzene rings is 1. The molecule has 0 bridgehead atoms. The molecule has 7 heteroatoms. The first kappa shape index (κ1) is 24.0. The van der Waals surface area contributed by atoms with Gasteiger partial charge >= 0.3 is 0 Å². The summed E-state index contributed by atoms with van der Waals surface area (Å²) in [6.45, 7) is 8.98. The minimum Gasteiger partial charge on any atom is -0.371 e. The van der Waals surface area contributed by atoms with Crippen LogP contribution in [0, 0.1) is 0 Å². The molecule has 0 saturated carbocycles. The number of morpholine rings is 1. The topological polar surface area (TPSA) is 62.7 Å². The summed E-state index contributed by atoms with van der Waals surface area (Å²) in [5, 5.41) is 3.01. The number of carbonyl (C=O) groups excluding carboxylic acids is 2. The Morgan fingerprint density at radius 3 is 2.70 bits per heavy atom. The number of amides is 1. The molecule has 2 fully saturated rings. The van der Waals surface area contributed by atoms with Gasteiger partial charge in [0.1, 0.15) is 12.0 Å². The van der Waals surface area contributed by atoms with Gasteiger partial charge in [-0.2, -0.15) is 0 Å². The predicted octanol–water partition coefficient (Wildman–Crippen LogP) is 4.30. The Kier molecular flexibility index (Phi) is 7.94. The van der Waals surface area contributed by atoms with Crippen LogP contribution < -0.4 is 0 Å². The highest BCUT2D eigenvalue weighted by Gasteiger charge is 2.41. The predicted molar refractivity (Wildman–Crippen MR) is 131 cm³/mol. The molecule has 0 N–H and O–H groups in total. The van der Waals surface area contributed by atoms with Gasteiger partial charge in [0, 0.05) is 43.9 Å². The van der Waals surface area contributed by atoms with Crippen molar-refractivity contribution in [3.05, 3.63) is 51.5 Å². The van der Waals surface area contributed by atoms with E-state index in [9.17, 15) is 9.59 Å². The third-order valence-corrected chi connectivity index (χ3v) is 8.10. The third kappa shape index (κ3) is 5.70. The lowest BCUT2D eigenvalue weighted by molar-refractivity contribution is -0.128. The summed E-state index contributed by atoms with van der Waals surface area (Å²) in [7, 11) is 0. The second kappa shape index (κ2) is 10.9. The molecule has 2 aliphatic rings. The summed E-state index contributed by atoms with van der Waals surface area (Å²) in [6.07, 6.45) is 5.36. The summed E-state index contributed by atoms with van der Waals surface area (Å²) in [5.41, 5.74) is 2.64. The van der Waals surface area contributed by atoms with E-state index < -0.39 is 0 Å². The largest absolute Gasteiger partial charge is 0.371 e. The van der Waals surface area contributed by atoms with E-state index in [0.717, 1.165) is 62.2 Å². The Labute approximate surface area is 200 Å². The number of hydrogen-bond acceptors (Lipinski definition) is 6. The first-order chi connectivity index (χ1) is 16.1. The standard InChI is InChI=1S/C26H35N3O3S/c1-3-22(4-2)24-27-23(18-33-24)25(31)29-13-15-32-26(19-29)9-11-28(12-10-26)17-21-7-5-6-20(16-21)8-14-30/h5-7,14,16,18,22H,3-4,8-13,15,17,19H2,1-2H3. The molecule has 33 heavy (non-hydrogen) atoms. The number of ether oxygens (including phenoxy) is 1. The second-order valence-electron chi connectivity index (χ2n) is 9.31. The fourth-order valence-corrected chi connectivity index (χ4v) is 6.08. The number of rotatable bonds is 8. The van der Waals surface area contributed by atoms with Crippen molar-refractivity contribution in [2.75, 3.05) is 32.8 Å². The first-order valence-electron chi connectivity index (χ1n) is 12.2. The van der Waals surface area contributed by atoms with Crippen molar-refractivity contribution in [3.8, 4) is 0 Å². The molecular formula is C26H35N3O3S. The normalized spacial score (nSPS) is 18.7. The molecule has 1 spiro atoms. The minimum atomic E-state index is -0.252. The Morgan fingerprint density at radius 1 is 1.21 bits per heavy atom. The van der Waals surface area contributed by atoms with E-state index in [-0.39, 0.29) is 11.5 Å². The highest BCUT2D eigenvalue weighted by atomic mass is 32.1. The second-order valence-corrected chi connectivity index (χ2v) is 10.2. The molecule has 2 aromatic rings. The molecule has 0 radical (unpaired) electrons. The molecule has 0 unspecified atom stereocenters. The molecule has 0 aliphatic carbocycles. The van der Waals surface area contributed by atoms with Gasteiger partial charge in [0.2, 0.25) is 0 Å². The van der Waals surface area contributed by atoms with Gasteiger partial charge in [0.15, 0.2) is 0 Å². The zero-order valence-electron chi connectivity index (χ0n) is 19.8. The minimum absolute atomic E-state index is 0.0422. The van der Waals surface area contributed by atoms with Crippen LogP contribution in [-0.4, -0.2) is 65.4 Å². The summed E-state index contributed by atoms with van der Waals surface area (Å²) in [4.78, 5) is 33.1. The molecule has 4 rings (SSSR count). The average Bonchev–Trinajstić information content (AvgIpc) is 3.32. The molecule has 6 nitrogen and oxygen atoms in total. The van der Waals surface area contributed by atoms with Gasteiger partial charge in [-0.1, -0.05) is 38.1 Å². The highest BCUT2D eigenvalue weighted by molar-refractivity contribution is 7.09. The Morgan fingerprint density at radius 2 is 1.97 bits per heavy atom. The summed E-state index contributed by atoms with van der Waals surface area (Å²) < 4.78 is 6.27. The van der Waals surface area contributed by atoms with Crippen molar-refractivity contribution >= 4 is 23.5 Å². The maximum atomic E-state index is 13.2. The quantitative estimate of drug-likeness (QED) is 0.540. The maximum absolute atomic E-state index is 13.2. The van der Waals surface area contributed by atoms with Gasteiger partial charge in [-0.25, -0.2) is 4.98 Å². The van der Waals surface area contributed by atoms with Gasteiger partial charge in [0.25, 0.3) is 5.91 Å². The number of aromatic nitrogens is 1. The monoisotopic (exact) mass is 469 g/mol. The Balaban J connectivity index is 1.34. The number of nitrogens with zero attached hydrogens (tertiary/aromatic N) is 3. The lowest BCUT2D eigenvalue weighted by Crippen LogP contribution is -2.58. The van der Waals surface area contributed by atoms with Gasteiger partial charge < -0.3 is 14.4 Å². The zero-order chi connectivity index (χ0) is 23.3. The van der Waals surface area contributed by atoms with Crippen LogP contribution >= 0.6 is 11.3 Å². The number of hydrogen-bond donors (Lipinski definition) is 0. The van der Waals surface area contributed by atoms with Crippen LogP contribution in [0.5, 0.6) is 0 Å². The molecule has 1 aromatic carbocycles. The zero-order valence-corrected chi connectivity index (χ0v) is 20.6. The number of piperidine rings is 1. The molecule has 1 amide bonds. The van der Waals surface area contributed by atoms with Crippen LogP contribution in [0.1, 0.15) is 72.1 Å². The fraction of sp³-hybridized carbons (Fsp3) is 0.577. The van der Waals surface area contributed by atoms with Gasteiger partial charge in [-0.3, -0.25) is 9.69 Å². The summed E-state index contributed by atoms with van der Waals surface area (Å²) in [5.74, 6) is 0.483. The lowest BCUT2D eigenvalue weighted by Gasteiger charge is -2.47. The van der Waals surface area contributed by atoms with Crippen molar-refractivity contribution in [2.45, 2.75) is 64.0 Å². The van der Waals surface area contributed by atoms with E-state index in [1.807, 2.05) is 22.4 Å². The van der Waals surface area contributed by atoms with E-state index >= 15 is 0 Å². The van der Waals surface area contributed by atoms with Crippen molar-refractivity contribution < 1.29 is 14.3 Å². The molecule has 2 aliphatic heterocycles. The van der Waals surface area contributed by atoms with Crippen LogP contribution in [0.25, 0.3) is 0 Å².